The predicted octanol–water partition coefficient (Wildman–Crippen LogP) is 2.39. The van der Waals surface area contributed by atoms with Crippen LogP contribution in [0.15, 0.2) is 0 Å². The average Bonchev–Trinajstić information content (AvgIpc) is 1.80. The van der Waals surface area contributed by atoms with Crippen molar-refractivity contribution in [2.75, 3.05) is 13.1 Å². The zero-order valence-corrected chi connectivity index (χ0v) is 11.0. The fraction of sp³-hybridized carbons (Fsp3) is 1.00. The summed E-state index contributed by atoms with van der Waals surface area (Å²) in [6.07, 6.45) is 0. The van der Waals surface area contributed by atoms with Crippen LogP contribution in [0.2, 0.25) is 0 Å². The highest BCUT2D eigenvalue weighted by Crippen LogP contribution is 2.27. The van der Waals surface area contributed by atoms with Crippen LogP contribution in [0, 0.1) is 10.8 Å². The molecule has 14 heavy (non-hydrogen) atoms. The second kappa shape index (κ2) is 4.19. The first-order chi connectivity index (χ1) is 5.96. The Balaban J connectivity index is 4.02. The first kappa shape index (κ1) is 13.9. The van der Waals surface area contributed by atoms with Gasteiger partial charge in [-0.05, 0) is 24.7 Å². The van der Waals surface area contributed by atoms with Gasteiger partial charge < -0.3 is 11.1 Å². The number of hydrogen-bond acceptors (Lipinski definition) is 2. The van der Waals surface area contributed by atoms with Crippen LogP contribution in [-0.2, 0) is 0 Å². The van der Waals surface area contributed by atoms with Gasteiger partial charge in [-0.3, -0.25) is 0 Å². The van der Waals surface area contributed by atoms with Crippen molar-refractivity contribution in [1.82, 2.24) is 5.32 Å². The van der Waals surface area contributed by atoms with Crippen LogP contribution in [0.3, 0.4) is 0 Å². The maximum atomic E-state index is 6.12. The molecule has 0 amide bonds. The van der Waals surface area contributed by atoms with Crippen molar-refractivity contribution in [3.63, 3.8) is 0 Å². The lowest BCUT2D eigenvalue weighted by molar-refractivity contribution is 0.187. The van der Waals surface area contributed by atoms with Crippen LogP contribution < -0.4 is 11.1 Å². The molecular formula is C12H28N2. The third-order valence-electron chi connectivity index (χ3n) is 2.97. The Bertz CT molecular complexity index is 170. The molecule has 2 nitrogen and oxygen atoms in total. The Kier molecular flexibility index (Phi) is 4.17. The number of hydrogen-bond donors (Lipinski definition) is 2. The quantitative estimate of drug-likeness (QED) is 0.731. The fourth-order valence-corrected chi connectivity index (χ4v) is 0.978. The third kappa shape index (κ3) is 4.97. The molecule has 0 spiro atoms. The number of nitrogens with two attached hydrogens (primary N) is 1. The molecule has 0 aromatic heterocycles. The molecular weight excluding hydrogens is 172 g/mol. The molecule has 0 aliphatic heterocycles. The van der Waals surface area contributed by atoms with Gasteiger partial charge in [-0.1, -0.05) is 34.6 Å². The molecule has 0 aliphatic carbocycles. The van der Waals surface area contributed by atoms with Gasteiger partial charge in [0.25, 0.3) is 0 Å². The molecule has 2 heteroatoms. The Morgan fingerprint density at radius 1 is 0.857 bits per heavy atom. The predicted molar refractivity (Wildman–Crippen MR) is 64.4 cm³/mol. The van der Waals surface area contributed by atoms with Crippen LogP contribution in [0.25, 0.3) is 0 Å². The van der Waals surface area contributed by atoms with Crippen LogP contribution in [0.1, 0.15) is 48.5 Å². The largest absolute Gasteiger partial charge is 0.325 e. The molecule has 86 valence electrons. The maximum absolute atomic E-state index is 6.12. The summed E-state index contributed by atoms with van der Waals surface area (Å²) >= 11 is 0. The summed E-state index contributed by atoms with van der Waals surface area (Å²) in [6.45, 7) is 17.3. The van der Waals surface area contributed by atoms with E-state index in [1.54, 1.807) is 0 Å². The second-order valence-electron chi connectivity index (χ2n) is 6.77. The van der Waals surface area contributed by atoms with E-state index in [-0.39, 0.29) is 11.0 Å². The Hall–Kier alpha value is -0.0800. The highest BCUT2D eigenvalue weighted by molar-refractivity contribution is 4.91. The van der Waals surface area contributed by atoms with Crippen molar-refractivity contribution in [2.45, 2.75) is 54.0 Å². The van der Waals surface area contributed by atoms with Crippen LogP contribution in [-0.4, -0.2) is 18.6 Å². The van der Waals surface area contributed by atoms with Gasteiger partial charge in [0.1, 0.15) is 0 Å². The van der Waals surface area contributed by atoms with Crippen molar-refractivity contribution in [2.24, 2.45) is 16.6 Å². The summed E-state index contributed by atoms with van der Waals surface area (Å²) in [5.74, 6) is 0. The van der Waals surface area contributed by atoms with Crippen molar-refractivity contribution >= 4 is 0 Å². The minimum absolute atomic E-state index is 0.123. The molecule has 0 aromatic carbocycles. The SMILES string of the molecule is CC(C)(C)CNCC(C)(C)C(C)(C)N. The van der Waals surface area contributed by atoms with Gasteiger partial charge in [0.05, 0.1) is 0 Å². The number of nitrogens with one attached hydrogen (secondary N) is 1. The van der Waals surface area contributed by atoms with E-state index < -0.39 is 0 Å². The van der Waals surface area contributed by atoms with Crippen LogP contribution >= 0.6 is 0 Å². The Morgan fingerprint density at radius 2 is 1.29 bits per heavy atom. The van der Waals surface area contributed by atoms with E-state index >= 15 is 0 Å². The molecule has 0 aliphatic rings. The zero-order valence-electron chi connectivity index (χ0n) is 11.0. The Morgan fingerprint density at radius 3 is 1.57 bits per heavy atom. The smallest absolute Gasteiger partial charge is 0.0161 e. The van der Waals surface area contributed by atoms with Gasteiger partial charge in [-0.2, -0.15) is 0 Å². The summed E-state index contributed by atoms with van der Waals surface area (Å²) in [6, 6.07) is 0. The highest BCUT2D eigenvalue weighted by atomic mass is 14.9. The van der Waals surface area contributed by atoms with Gasteiger partial charge in [-0.15, -0.1) is 0 Å². The molecule has 0 unspecified atom stereocenters. The maximum Gasteiger partial charge on any atom is 0.0161 e. The van der Waals surface area contributed by atoms with Gasteiger partial charge in [-0.25, -0.2) is 0 Å². The minimum atomic E-state index is -0.141. The van der Waals surface area contributed by atoms with Crippen LogP contribution in [0.4, 0.5) is 0 Å². The summed E-state index contributed by atoms with van der Waals surface area (Å²) in [4.78, 5) is 0. The molecule has 0 heterocycles. The molecule has 0 bridgehead atoms. The van der Waals surface area contributed by atoms with Gasteiger partial charge in [0, 0.05) is 18.6 Å². The normalized spacial score (nSPS) is 14.6. The summed E-state index contributed by atoms with van der Waals surface area (Å²) in [5.41, 5.74) is 6.45. The third-order valence-corrected chi connectivity index (χ3v) is 2.97. The van der Waals surface area contributed by atoms with E-state index in [1.807, 2.05) is 0 Å². The standard InChI is InChI=1S/C12H28N2/c1-10(2,3)8-14-9-11(4,5)12(6,7)13/h14H,8-9,13H2,1-7H3. The van der Waals surface area contributed by atoms with Crippen LogP contribution in [0.5, 0.6) is 0 Å². The first-order valence-electron chi connectivity index (χ1n) is 5.45. The summed E-state index contributed by atoms with van der Waals surface area (Å²) < 4.78 is 0. The van der Waals surface area contributed by atoms with Crippen molar-refractivity contribution in [3.05, 3.63) is 0 Å². The van der Waals surface area contributed by atoms with Crippen molar-refractivity contribution < 1.29 is 0 Å². The average molecular weight is 200 g/mol. The molecule has 0 saturated carbocycles. The van der Waals surface area contributed by atoms with Crippen molar-refractivity contribution in [3.8, 4) is 0 Å². The lowest BCUT2D eigenvalue weighted by atomic mass is 9.75. The lowest BCUT2D eigenvalue weighted by Gasteiger charge is -2.39. The number of rotatable bonds is 4. The lowest BCUT2D eigenvalue weighted by Crippen LogP contribution is -2.52. The van der Waals surface area contributed by atoms with E-state index in [0.29, 0.717) is 5.41 Å². The van der Waals surface area contributed by atoms with Gasteiger partial charge in [0.2, 0.25) is 0 Å². The van der Waals surface area contributed by atoms with E-state index in [9.17, 15) is 0 Å². The molecule has 0 rings (SSSR count). The van der Waals surface area contributed by atoms with E-state index in [0.717, 1.165) is 13.1 Å². The molecule has 0 saturated heterocycles. The van der Waals surface area contributed by atoms with E-state index in [1.165, 1.54) is 0 Å². The topological polar surface area (TPSA) is 38.0 Å². The monoisotopic (exact) mass is 200 g/mol. The molecule has 0 radical (unpaired) electrons. The zero-order chi connectivity index (χ0) is 11.6. The summed E-state index contributed by atoms with van der Waals surface area (Å²) in [5, 5.41) is 3.49. The Labute approximate surface area is 89.6 Å². The van der Waals surface area contributed by atoms with E-state index in [4.69, 9.17) is 5.73 Å². The van der Waals surface area contributed by atoms with Gasteiger partial charge in [0.15, 0.2) is 0 Å². The second-order valence-corrected chi connectivity index (χ2v) is 6.77. The molecule has 0 fully saturated rings. The van der Waals surface area contributed by atoms with Gasteiger partial charge >= 0.3 is 0 Å². The first-order valence-corrected chi connectivity index (χ1v) is 5.45. The van der Waals surface area contributed by atoms with Crippen molar-refractivity contribution in [1.29, 1.82) is 0 Å². The highest BCUT2D eigenvalue weighted by Gasteiger charge is 2.33. The molecule has 0 aromatic rings. The molecule has 0 atom stereocenters. The van der Waals surface area contributed by atoms with E-state index in [2.05, 4.69) is 53.8 Å². The summed E-state index contributed by atoms with van der Waals surface area (Å²) in [7, 11) is 0. The molecule has 3 N–H and O–H groups in total. The minimum Gasteiger partial charge on any atom is -0.325 e. The fourth-order valence-electron chi connectivity index (χ4n) is 0.978.